The summed E-state index contributed by atoms with van der Waals surface area (Å²) in [5, 5.41) is 7.94. The summed E-state index contributed by atoms with van der Waals surface area (Å²) in [5.74, 6) is 0.463. The molecule has 0 saturated heterocycles. The second-order valence-corrected chi connectivity index (χ2v) is 6.87. The normalized spacial score (nSPS) is 13.5. The van der Waals surface area contributed by atoms with E-state index in [2.05, 4.69) is 33.8 Å². The second kappa shape index (κ2) is 7.61. The van der Waals surface area contributed by atoms with Crippen LogP contribution in [0.1, 0.15) is 30.0 Å². The van der Waals surface area contributed by atoms with Crippen LogP contribution in [0.2, 0.25) is 0 Å². The van der Waals surface area contributed by atoms with Gasteiger partial charge in [0.05, 0.1) is 12.0 Å². The van der Waals surface area contributed by atoms with Gasteiger partial charge in [-0.1, -0.05) is 42.5 Å². The number of fused-ring (bicyclic) bond motifs is 1. The van der Waals surface area contributed by atoms with Crippen molar-refractivity contribution in [3.63, 3.8) is 0 Å². The molecule has 1 saturated carbocycles. The summed E-state index contributed by atoms with van der Waals surface area (Å²) < 4.78 is 1.52. The highest BCUT2D eigenvalue weighted by molar-refractivity contribution is 5.86. The van der Waals surface area contributed by atoms with Crippen LogP contribution in [0, 0.1) is 0 Å². The minimum absolute atomic E-state index is 0.0649. The van der Waals surface area contributed by atoms with Crippen LogP contribution in [0.4, 0.5) is 4.79 Å². The van der Waals surface area contributed by atoms with Crippen molar-refractivity contribution in [2.24, 2.45) is 0 Å². The number of aromatic nitrogens is 2. The van der Waals surface area contributed by atoms with Crippen LogP contribution in [0.3, 0.4) is 0 Å². The molecule has 2 N–H and O–H groups in total. The lowest BCUT2D eigenvalue weighted by molar-refractivity contribution is 0.240. The molecule has 1 aliphatic carbocycles. The molecule has 1 aromatic heterocycles. The molecule has 0 spiro atoms. The molecule has 138 valence electrons. The van der Waals surface area contributed by atoms with Gasteiger partial charge < -0.3 is 10.6 Å². The summed E-state index contributed by atoms with van der Waals surface area (Å²) in [4.78, 5) is 28.5. The molecule has 0 atom stereocenters. The Morgan fingerprint density at radius 1 is 1.11 bits per heavy atom. The Hall–Kier alpha value is -3.15. The van der Waals surface area contributed by atoms with Gasteiger partial charge in [-0.05, 0) is 29.2 Å². The maximum Gasteiger partial charge on any atom is 0.315 e. The Labute approximate surface area is 157 Å². The van der Waals surface area contributed by atoms with Crippen molar-refractivity contribution in [1.29, 1.82) is 0 Å². The lowest BCUT2D eigenvalue weighted by atomic mass is 10.0. The van der Waals surface area contributed by atoms with Gasteiger partial charge in [0.2, 0.25) is 0 Å². The fourth-order valence-corrected chi connectivity index (χ4v) is 3.18. The van der Waals surface area contributed by atoms with E-state index >= 15 is 0 Å². The van der Waals surface area contributed by atoms with Crippen molar-refractivity contribution < 1.29 is 4.79 Å². The van der Waals surface area contributed by atoms with Gasteiger partial charge in [-0.15, -0.1) is 0 Å². The summed E-state index contributed by atoms with van der Waals surface area (Å²) in [6.07, 6.45) is 3.81. The topological polar surface area (TPSA) is 76.0 Å². The third kappa shape index (κ3) is 4.16. The number of hydrogen-bond acceptors (Lipinski definition) is 3. The Balaban J connectivity index is 1.28. The largest absolute Gasteiger partial charge is 0.336 e. The third-order valence-corrected chi connectivity index (χ3v) is 4.85. The van der Waals surface area contributed by atoms with E-state index in [-0.39, 0.29) is 11.6 Å². The smallest absolute Gasteiger partial charge is 0.315 e. The number of benzene rings is 2. The van der Waals surface area contributed by atoms with E-state index in [1.54, 1.807) is 12.4 Å². The number of carbonyl (C=O) groups excluding carboxylic acids is 1. The monoisotopic (exact) mass is 362 g/mol. The number of amides is 2. The lowest BCUT2D eigenvalue weighted by Crippen LogP contribution is -2.38. The van der Waals surface area contributed by atoms with Crippen LogP contribution in [0.5, 0.6) is 0 Å². The van der Waals surface area contributed by atoms with Gasteiger partial charge >= 0.3 is 6.03 Å². The standard InChI is InChI=1S/C21H22N4O2/c26-20-12-19(16-8-9-16)24-14-25(20)11-10-22-21(27)23-13-17-6-3-5-15-4-1-2-7-18(15)17/h1-7,12,14,16H,8-11,13H2,(H2,22,23,27). The zero-order valence-corrected chi connectivity index (χ0v) is 15.0. The van der Waals surface area contributed by atoms with Gasteiger partial charge in [0.1, 0.15) is 0 Å². The van der Waals surface area contributed by atoms with Crippen molar-refractivity contribution in [2.45, 2.75) is 31.8 Å². The Bertz CT molecular complexity index is 1020. The van der Waals surface area contributed by atoms with Crippen molar-refractivity contribution >= 4 is 16.8 Å². The first-order chi connectivity index (χ1) is 13.2. The molecule has 0 aliphatic heterocycles. The molecule has 27 heavy (non-hydrogen) atoms. The average Bonchev–Trinajstić information content (AvgIpc) is 3.53. The molecule has 0 unspecified atom stereocenters. The second-order valence-electron chi connectivity index (χ2n) is 6.87. The Morgan fingerprint density at radius 3 is 2.74 bits per heavy atom. The highest BCUT2D eigenvalue weighted by atomic mass is 16.2. The van der Waals surface area contributed by atoms with E-state index in [1.807, 2.05) is 24.3 Å². The van der Waals surface area contributed by atoms with E-state index in [0.29, 0.717) is 25.6 Å². The molecule has 1 heterocycles. The van der Waals surface area contributed by atoms with E-state index in [9.17, 15) is 9.59 Å². The first-order valence-electron chi connectivity index (χ1n) is 9.25. The summed E-state index contributed by atoms with van der Waals surface area (Å²) in [6, 6.07) is 15.5. The Morgan fingerprint density at radius 2 is 1.93 bits per heavy atom. The van der Waals surface area contributed by atoms with Gasteiger partial charge in [-0.25, -0.2) is 9.78 Å². The molecule has 1 aliphatic rings. The molecule has 1 fully saturated rings. The summed E-state index contributed by atoms with van der Waals surface area (Å²) in [5.41, 5.74) is 1.89. The number of hydrogen-bond donors (Lipinski definition) is 2. The fraction of sp³-hybridized carbons (Fsp3) is 0.286. The molecule has 3 aromatic rings. The molecule has 6 heteroatoms. The minimum Gasteiger partial charge on any atom is -0.336 e. The van der Waals surface area contributed by atoms with Crippen LogP contribution in [-0.2, 0) is 13.1 Å². The highest BCUT2D eigenvalue weighted by Gasteiger charge is 2.25. The van der Waals surface area contributed by atoms with Crippen LogP contribution in [0.25, 0.3) is 10.8 Å². The fourth-order valence-electron chi connectivity index (χ4n) is 3.18. The minimum atomic E-state index is -0.251. The lowest BCUT2D eigenvalue weighted by Gasteiger charge is -2.10. The molecular formula is C21H22N4O2. The summed E-state index contributed by atoms with van der Waals surface area (Å²) in [7, 11) is 0. The van der Waals surface area contributed by atoms with Crippen molar-refractivity contribution in [3.8, 4) is 0 Å². The van der Waals surface area contributed by atoms with Crippen molar-refractivity contribution in [3.05, 3.63) is 76.5 Å². The first-order valence-corrected chi connectivity index (χ1v) is 9.25. The molecule has 0 radical (unpaired) electrons. The molecular weight excluding hydrogens is 340 g/mol. The van der Waals surface area contributed by atoms with E-state index in [0.717, 1.165) is 34.9 Å². The SMILES string of the molecule is O=C(NCCn1cnc(C2CC2)cc1=O)NCc1cccc2ccccc12. The van der Waals surface area contributed by atoms with E-state index in [4.69, 9.17) is 0 Å². The summed E-state index contributed by atoms with van der Waals surface area (Å²) >= 11 is 0. The van der Waals surface area contributed by atoms with Crippen LogP contribution >= 0.6 is 0 Å². The number of carbonyl (C=O) groups is 1. The first kappa shape index (κ1) is 17.3. The molecule has 2 aromatic carbocycles. The third-order valence-electron chi connectivity index (χ3n) is 4.85. The van der Waals surface area contributed by atoms with E-state index in [1.165, 1.54) is 4.57 Å². The van der Waals surface area contributed by atoms with Crippen LogP contribution in [-0.4, -0.2) is 22.1 Å². The van der Waals surface area contributed by atoms with Crippen molar-refractivity contribution in [1.82, 2.24) is 20.2 Å². The van der Waals surface area contributed by atoms with Gasteiger partial charge in [-0.3, -0.25) is 9.36 Å². The maximum atomic E-state index is 12.1. The number of nitrogens with one attached hydrogen (secondary N) is 2. The number of nitrogens with zero attached hydrogens (tertiary/aromatic N) is 2. The van der Waals surface area contributed by atoms with Crippen LogP contribution in [0.15, 0.2) is 59.7 Å². The number of rotatable bonds is 6. The molecule has 6 nitrogen and oxygen atoms in total. The van der Waals surface area contributed by atoms with Gasteiger partial charge in [0, 0.05) is 31.6 Å². The predicted octanol–water partition coefficient (Wildman–Crippen LogP) is 2.77. The summed E-state index contributed by atoms with van der Waals surface area (Å²) in [6.45, 7) is 1.22. The Kier molecular flexibility index (Phi) is 4.87. The van der Waals surface area contributed by atoms with Gasteiger partial charge in [0.15, 0.2) is 0 Å². The van der Waals surface area contributed by atoms with E-state index < -0.39 is 0 Å². The molecule has 4 rings (SSSR count). The maximum absolute atomic E-state index is 12.1. The number of urea groups is 1. The zero-order chi connectivity index (χ0) is 18.6. The van der Waals surface area contributed by atoms with Crippen molar-refractivity contribution in [2.75, 3.05) is 6.54 Å². The predicted molar refractivity (Wildman–Crippen MR) is 105 cm³/mol. The van der Waals surface area contributed by atoms with Gasteiger partial charge in [-0.2, -0.15) is 0 Å². The highest BCUT2D eigenvalue weighted by Crippen LogP contribution is 2.38. The molecule has 2 amide bonds. The zero-order valence-electron chi connectivity index (χ0n) is 15.0. The molecule has 0 bridgehead atoms. The average molecular weight is 362 g/mol. The quantitative estimate of drug-likeness (QED) is 0.708. The van der Waals surface area contributed by atoms with Gasteiger partial charge in [0.25, 0.3) is 5.56 Å². The van der Waals surface area contributed by atoms with Crippen LogP contribution < -0.4 is 16.2 Å².